The van der Waals surface area contributed by atoms with Gasteiger partial charge in [0.05, 0.1) is 16.3 Å². The molecule has 0 spiro atoms. The summed E-state index contributed by atoms with van der Waals surface area (Å²) < 4.78 is 37.3. The van der Waals surface area contributed by atoms with Gasteiger partial charge in [0.15, 0.2) is 0 Å². The van der Waals surface area contributed by atoms with E-state index in [1.807, 2.05) is 6.07 Å². The van der Waals surface area contributed by atoms with E-state index in [2.05, 4.69) is 0 Å². The molecule has 0 heterocycles. The van der Waals surface area contributed by atoms with Crippen molar-refractivity contribution < 1.29 is 13.2 Å². The molecule has 0 atom stereocenters. The van der Waals surface area contributed by atoms with Gasteiger partial charge in [0.2, 0.25) is 0 Å². The second-order valence-corrected chi connectivity index (χ2v) is 5.62. The van der Waals surface area contributed by atoms with Crippen LogP contribution in [0.5, 0.6) is 0 Å². The van der Waals surface area contributed by atoms with Crippen molar-refractivity contribution in [3.05, 3.63) is 58.6 Å². The Labute approximate surface area is 123 Å². The fraction of sp³-hybridized carbons (Fsp3) is 0.143. The van der Waals surface area contributed by atoms with E-state index in [-0.39, 0.29) is 0 Å². The lowest BCUT2D eigenvalue weighted by molar-refractivity contribution is -0.137. The van der Waals surface area contributed by atoms with Gasteiger partial charge in [-0.2, -0.15) is 13.2 Å². The van der Waals surface area contributed by atoms with Gasteiger partial charge in [-0.25, -0.2) is 0 Å². The van der Waals surface area contributed by atoms with Gasteiger partial charge in [0.1, 0.15) is 0 Å². The molecule has 0 radical (unpaired) electrons. The molecule has 0 aromatic heterocycles. The van der Waals surface area contributed by atoms with Crippen LogP contribution in [0.25, 0.3) is 0 Å². The molecule has 0 saturated carbocycles. The highest BCUT2D eigenvalue weighted by atomic mass is 35.5. The van der Waals surface area contributed by atoms with Crippen LogP contribution in [0.15, 0.2) is 47.4 Å². The fourth-order valence-electron chi connectivity index (χ4n) is 1.55. The lowest BCUT2D eigenvalue weighted by Gasteiger charge is -2.08. The minimum absolute atomic E-state index is 0.474. The van der Waals surface area contributed by atoms with Crippen molar-refractivity contribution in [1.29, 1.82) is 0 Å². The molecule has 0 fully saturated rings. The summed E-state index contributed by atoms with van der Waals surface area (Å²) in [5.41, 5.74) is 6.29. The van der Waals surface area contributed by atoms with Crippen LogP contribution in [0.3, 0.4) is 0 Å². The highest BCUT2D eigenvalue weighted by Gasteiger charge is 2.29. The first-order valence-electron chi connectivity index (χ1n) is 5.70. The van der Waals surface area contributed by atoms with Crippen LogP contribution in [0.2, 0.25) is 5.02 Å². The Bertz CT molecular complexity index is 596. The Kier molecular flexibility index (Phi) is 4.50. The molecule has 2 N–H and O–H groups in total. The van der Waals surface area contributed by atoms with Crippen molar-refractivity contribution in [2.75, 3.05) is 5.73 Å². The molecule has 0 unspecified atom stereocenters. The first-order valence-corrected chi connectivity index (χ1v) is 7.06. The zero-order chi connectivity index (χ0) is 14.8. The number of halogens is 4. The molecule has 20 heavy (non-hydrogen) atoms. The van der Waals surface area contributed by atoms with Crippen LogP contribution in [-0.4, -0.2) is 0 Å². The van der Waals surface area contributed by atoms with Crippen LogP contribution in [-0.2, 0) is 11.9 Å². The zero-order valence-electron chi connectivity index (χ0n) is 10.2. The third kappa shape index (κ3) is 3.84. The summed E-state index contributed by atoms with van der Waals surface area (Å²) in [6.07, 6.45) is -4.30. The molecule has 2 rings (SSSR count). The van der Waals surface area contributed by atoms with Gasteiger partial charge in [-0.05, 0) is 35.9 Å². The number of nitrogen functional groups attached to an aromatic ring is 1. The lowest BCUT2D eigenvalue weighted by Crippen LogP contribution is -2.04. The molecule has 2 aromatic carbocycles. The first kappa shape index (κ1) is 15.1. The van der Waals surface area contributed by atoms with E-state index >= 15 is 0 Å². The third-order valence-electron chi connectivity index (χ3n) is 2.66. The fourth-order valence-corrected chi connectivity index (χ4v) is 2.69. The summed E-state index contributed by atoms with van der Waals surface area (Å²) in [6, 6.07) is 10.4. The van der Waals surface area contributed by atoms with Crippen LogP contribution in [0.4, 0.5) is 18.9 Å². The van der Waals surface area contributed by atoms with Crippen molar-refractivity contribution in [3.8, 4) is 0 Å². The van der Waals surface area contributed by atoms with E-state index in [0.29, 0.717) is 16.5 Å². The average Bonchev–Trinajstić information content (AvgIpc) is 2.40. The number of nitrogens with two attached hydrogens (primary N) is 1. The normalized spacial score (nSPS) is 11.6. The maximum Gasteiger partial charge on any atom is 0.416 e. The van der Waals surface area contributed by atoms with Crippen molar-refractivity contribution in [2.24, 2.45) is 0 Å². The highest BCUT2D eigenvalue weighted by Crippen LogP contribution is 2.31. The largest absolute Gasteiger partial charge is 0.416 e. The topological polar surface area (TPSA) is 26.0 Å². The van der Waals surface area contributed by atoms with E-state index in [9.17, 15) is 13.2 Å². The standard InChI is InChI=1S/C14H11ClF3NS/c15-12-7-11(5-6-13(12)19)20-8-9-1-3-10(4-2-9)14(16,17)18/h1-7H,8,19H2. The summed E-state index contributed by atoms with van der Waals surface area (Å²) >= 11 is 7.39. The Balaban J connectivity index is 2.02. The molecule has 0 bridgehead atoms. The van der Waals surface area contributed by atoms with Crippen molar-refractivity contribution in [1.82, 2.24) is 0 Å². The molecule has 1 nitrogen and oxygen atoms in total. The van der Waals surface area contributed by atoms with Gasteiger partial charge in [0.25, 0.3) is 0 Å². The molecule has 0 amide bonds. The van der Waals surface area contributed by atoms with Gasteiger partial charge in [-0.3, -0.25) is 0 Å². The van der Waals surface area contributed by atoms with Gasteiger partial charge >= 0.3 is 6.18 Å². The Hall–Kier alpha value is -1.33. The SMILES string of the molecule is Nc1ccc(SCc2ccc(C(F)(F)F)cc2)cc1Cl. The molecular weight excluding hydrogens is 307 g/mol. The molecule has 106 valence electrons. The number of anilines is 1. The Morgan fingerprint density at radius 1 is 1.05 bits per heavy atom. The third-order valence-corrected chi connectivity index (χ3v) is 4.05. The highest BCUT2D eigenvalue weighted by molar-refractivity contribution is 7.98. The number of hydrogen-bond donors (Lipinski definition) is 1. The predicted molar refractivity (Wildman–Crippen MR) is 76.9 cm³/mol. The quantitative estimate of drug-likeness (QED) is 0.619. The molecule has 2 aromatic rings. The van der Waals surface area contributed by atoms with Gasteiger partial charge in [0, 0.05) is 10.6 Å². The summed E-state index contributed by atoms with van der Waals surface area (Å²) in [6.45, 7) is 0. The zero-order valence-corrected chi connectivity index (χ0v) is 11.8. The Morgan fingerprint density at radius 2 is 1.70 bits per heavy atom. The van der Waals surface area contributed by atoms with E-state index < -0.39 is 11.7 Å². The van der Waals surface area contributed by atoms with Gasteiger partial charge < -0.3 is 5.73 Å². The van der Waals surface area contributed by atoms with Crippen molar-refractivity contribution >= 4 is 29.1 Å². The molecule has 0 aliphatic rings. The summed E-state index contributed by atoms with van der Waals surface area (Å²) in [5, 5.41) is 0.474. The van der Waals surface area contributed by atoms with E-state index in [1.165, 1.54) is 23.9 Å². The molecule has 0 saturated heterocycles. The smallest absolute Gasteiger partial charge is 0.398 e. The minimum Gasteiger partial charge on any atom is -0.398 e. The van der Waals surface area contributed by atoms with Gasteiger partial charge in [-0.15, -0.1) is 11.8 Å². The first-order chi connectivity index (χ1) is 9.36. The van der Waals surface area contributed by atoms with Crippen LogP contribution >= 0.6 is 23.4 Å². The second-order valence-electron chi connectivity index (χ2n) is 4.17. The minimum atomic E-state index is -4.30. The summed E-state index contributed by atoms with van der Waals surface area (Å²) in [5.74, 6) is 0.568. The average molecular weight is 318 g/mol. The van der Waals surface area contributed by atoms with E-state index in [4.69, 9.17) is 17.3 Å². The molecule has 0 aliphatic carbocycles. The molecule has 0 aliphatic heterocycles. The predicted octanol–water partition coefficient (Wildman–Crippen LogP) is 5.23. The monoisotopic (exact) mass is 317 g/mol. The Morgan fingerprint density at radius 3 is 2.25 bits per heavy atom. The van der Waals surface area contributed by atoms with Crippen LogP contribution in [0, 0.1) is 0 Å². The van der Waals surface area contributed by atoms with Crippen LogP contribution < -0.4 is 5.73 Å². The van der Waals surface area contributed by atoms with Gasteiger partial charge in [-0.1, -0.05) is 23.7 Å². The maximum absolute atomic E-state index is 12.4. The number of benzene rings is 2. The summed E-state index contributed by atoms with van der Waals surface area (Å²) in [4.78, 5) is 0.920. The molecular formula is C14H11ClF3NS. The maximum atomic E-state index is 12.4. The number of thioether (sulfide) groups is 1. The van der Waals surface area contributed by atoms with Crippen molar-refractivity contribution in [3.63, 3.8) is 0 Å². The number of hydrogen-bond acceptors (Lipinski definition) is 2. The number of alkyl halides is 3. The van der Waals surface area contributed by atoms with Crippen molar-refractivity contribution in [2.45, 2.75) is 16.8 Å². The summed E-state index contributed by atoms with van der Waals surface area (Å²) in [7, 11) is 0. The second kappa shape index (κ2) is 5.97. The van der Waals surface area contributed by atoms with E-state index in [0.717, 1.165) is 22.6 Å². The van der Waals surface area contributed by atoms with E-state index in [1.54, 1.807) is 12.1 Å². The number of rotatable bonds is 3. The van der Waals surface area contributed by atoms with Crippen LogP contribution in [0.1, 0.15) is 11.1 Å². The molecule has 6 heteroatoms. The lowest BCUT2D eigenvalue weighted by atomic mass is 10.1.